The Bertz CT molecular complexity index is 1030. The molecule has 0 bridgehead atoms. The van der Waals surface area contributed by atoms with Crippen LogP contribution in [0.5, 0.6) is 0 Å². The van der Waals surface area contributed by atoms with Crippen LogP contribution in [0.2, 0.25) is 0 Å². The first-order valence-corrected chi connectivity index (χ1v) is 9.07. The molecular formula is C20H26CrN6O8+3. The van der Waals surface area contributed by atoms with E-state index in [-0.39, 0.29) is 51.1 Å². The first kappa shape index (κ1) is 35.6. The van der Waals surface area contributed by atoms with Crippen molar-refractivity contribution in [3.05, 3.63) is 68.8 Å². The maximum Gasteiger partial charge on any atom is 3.00 e. The van der Waals surface area contributed by atoms with E-state index in [1.54, 1.807) is 52.0 Å². The molecule has 0 aliphatic rings. The number of benzene rings is 2. The second kappa shape index (κ2) is 17.4. The van der Waals surface area contributed by atoms with E-state index in [4.69, 9.17) is 10.4 Å². The number of hydrogen-bond acceptors (Lipinski definition) is 10. The van der Waals surface area contributed by atoms with E-state index in [1.165, 1.54) is 24.3 Å². The largest absolute Gasteiger partial charge is 3.00 e. The zero-order chi connectivity index (χ0) is 24.3. The molecule has 0 aromatic heterocycles. The van der Waals surface area contributed by atoms with Crippen molar-refractivity contribution in [1.29, 1.82) is 0 Å². The zero-order valence-corrected chi connectivity index (χ0v) is 20.5. The van der Waals surface area contributed by atoms with E-state index >= 15 is 0 Å². The number of hydrogen-bond donors (Lipinski definition) is 2. The number of nitro groups is 2. The SMILES string of the molecule is CC(=Nc1ccccc1[N+](=O)[O-])/C(C)=N\O.CC(=Nc1ccccc1[N+](=O)[O-])/C(C)=N\O.O.O.[Cr+3]. The van der Waals surface area contributed by atoms with Gasteiger partial charge in [-0.2, -0.15) is 0 Å². The van der Waals surface area contributed by atoms with Gasteiger partial charge in [-0.3, -0.25) is 20.2 Å². The van der Waals surface area contributed by atoms with Crippen molar-refractivity contribution in [3.63, 3.8) is 0 Å². The van der Waals surface area contributed by atoms with Gasteiger partial charge in [0.2, 0.25) is 0 Å². The summed E-state index contributed by atoms with van der Waals surface area (Å²) in [5.41, 5.74) is 1.83. The second-order valence-electron chi connectivity index (χ2n) is 6.26. The molecule has 6 N–H and O–H groups in total. The molecule has 0 aliphatic carbocycles. The molecule has 2 aromatic rings. The molecule has 0 heterocycles. The summed E-state index contributed by atoms with van der Waals surface area (Å²) in [4.78, 5) is 28.5. The second-order valence-corrected chi connectivity index (χ2v) is 6.26. The molecule has 35 heavy (non-hydrogen) atoms. The first-order valence-electron chi connectivity index (χ1n) is 9.07. The number of nitro benzene ring substituents is 2. The van der Waals surface area contributed by atoms with Crippen molar-refractivity contribution in [1.82, 2.24) is 0 Å². The molecule has 2 aromatic carbocycles. The molecule has 187 valence electrons. The Balaban J connectivity index is -0.000000539. The number of para-hydroxylation sites is 4. The van der Waals surface area contributed by atoms with E-state index in [2.05, 4.69) is 20.3 Å². The van der Waals surface area contributed by atoms with Crippen molar-refractivity contribution in [2.24, 2.45) is 20.3 Å². The Hall–Kier alpha value is -4.03. The van der Waals surface area contributed by atoms with Gasteiger partial charge >= 0.3 is 17.4 Å². The smallest absolute Gasteiger partial charge is 0.412 e. The summed E-state index contributed by atoms with van der Waals surface area (Å²) in [6, 6.07) is 12.3. The fourth-order valence-corrected chi connectivity index (χ4v) is 2.09. The van der Waals surface area contributed by atoms with Crippen LogP contribution in [0.25, 0.3) is 0 Å². The van der Waals surface area contributed by atoms with Gasteiger partial charge in [-0.25, -0.2) is 9.98 Å². The van der Waals surface area contributed by atoms with Gasteiger partial charge in [0.15, 0.2) is 0 Å². The van der Waals surface area contributed by atoms with Crippen LogP contribution in [-0.2, 0) is 17.4 Å². The fourth-order valence-electron chi connectivity index (χ4n) is 2.09. The molecule has 0 fully saturated rings. The minimum Gasteiger partial charge on any atom is -0.412 e. The predicted octanol–water partition coefficient (Wildman–Crippen LogP) is 3.42. The monoisotopic (exact) mass is 530 g/mol. The van der Waals surface area contributed by atoms with E-state index in [9.17, 15) is 20.2 Å². The summed E-state index contributed by atoms with van der Waals surface area (Å²) >= 11 is 0. The van der Waals surface area contributed by atoms with Crippen LogP contribution in [0, 0.1) is 20.2 Å². The molecule has 14 nitrogen and oxygen atoms in total. The van der Waals surface area contributed by atoms with Gasteiger partial charge in [-0.1, -0.05) is 34.6 Å². The third kappa shape index (κ3) is 11.1. The Morgan fingerprint density at radius 1 is 0.657 bits per heavy atom. The number of oxime groups is 2. The zero-order valence-electron chi connectivity index (χ0n) is 19.2. The fraction of sp³-hybridized carbons (Fsp3) is 0.200. The third-order valence-corrected chi connectivity index (χ3v) is 4.08. The molecule has 0 aliphatic heterocycles. The van der Waals surface area contributed by atoms with Gasteiger partial charge in [0.1, 0.15) is 11.4 Å². The number of nitrogens with zero attached hydrogens (tertiary/aromatic N) is 6. The topological polar surface area (TPSA) is 239 Å². The average Bonchev–Trinajstić information content (AvgIpc) is 2.78. The molecule has 0 spiro atoms. The third-order valence-electron chi connectivity index (χ3n) is 4.08. The molecule has 0 atom stereocenters. The van der Waals surface area contributed by atoms with Gasteiger partial charge < -0.3 is 21.4 Å². The first-order chi connectivity index (χ1) is 15.1. The van der Waals surface area contributed by atoms with Crippen LogP contribution >= 0.6 is 0 Å². The van der Waals surface area contributed by atoms with Gasteiger partial charge in [-0.15, -0.1) is 0 Å². The molecule has 2 rings (SSSR count). The van der Waals surface area contributed by atoms with Crippen molar-refractivity contribution >= 4 is 45.6 Å². The Morgan fingerprint density at radius 3 is 1.20 bits per heavy atom. The van der Waals surface area contributed by atoms with Crippen LogP contribution < -0.4 is 0 Å². The number of rotatable bonds is 6. The number of aliphatic imine (C=N–C) groups is 2. The molecule has 0 amide bonds. The molecular weight excluding hydrogens is 504 g/mol. The van der Waals surface area contributed by atoms with Crippen molar-refractivity contribution in [2.75, 3.05) is 0 Å². The summed E-state index contributed by atoms with van der Waals surface area (Å²) in [5.74, 6) is 0. The Kier molecular flexibility index (Phi) is 17.7. The summed E-state index contributed by atoms with van der Waals surface area (Å²) < 4.78 is 0. The van der Waals surface area contributed by atoms with E-state index < -0.39 is 9.85 Å². The van der Waals surface area contributed by atoms with Crippen LogP contribution in [0.1, 0.15) is 27.7 Å². The van der Waals surface area contributed by atoms with Gasteiger partial charge in [0.25, 0.3) is 11.4 Å². The van der Waals surface area contributed by atoms with Gasteiger partial charge in [-0.05, 0) is 39.8 Å². The van der Waals surface area contributed by atoms with Crippen LogP contribution in [0.3, 0.4) is 0 Å². The predicted molar refractivity (Wildman–Crippen MR) is 129 cm³/mol. The van der Waals surface area contributed by atoms with Crippen molar-refractivity contribution in [3.8, 4) is 0 Å². The van der Waals surface area contributed by atoms with Crippen LogP contribution in [0.15, 0.2) is 68.8 Å². The summed E-state index contributed by atoms with van der Waals surface area (Å²) in [6.07, 6.45) is 0. The van der Waals surface area contributed by atoms with Crippen molar-refractivity contribution < 1.29 is 48.6 Å². The molecule has 15 heteroatoms. The minimum atomic E-state index is -0.502. The van der Waals surface area contributed by atoms with E-state index in [1.807, 2.05) is 0 Å². The normalized spacial score (nSPS) is 11.5. The van der Waals surface area contributed by atoms with Gasteiger partial charge in [0, 0.05) is 12.1 Å². The summed E-state index contributed by atoms with van der Waals surface area (Å²) in [7, 11) is 0. The molecule has 0 saturated carbocycles. The quantitative estimate of drug-likeness (QED) is 0.245. The van der Waals surface area contributed by atoms with E-state index in [0.29, 0.717) is 22.8 Å². The average molecular weight is 530 g/mol. The maximum absolute atomic E-state index is 10.7. The van der Waals surface area contributed by atoms with E-state index in [0.717, 1.165) is 0 Å². The van der Waals surface area contributed by atoms with Crippen LogP contribution in [0.4, 0.5) is 22.7 Å². The molecule has 0 unspecified atom stereocenters. The minimum absolute atomic E-state index is 0. The maximum atomic E-state index is 10.7. The standard InChI is InChI=1S/2C10H11N3O3.Cr.2H2O/c2*1-7(8(2)12-14)11-9-5-3-4-6-10(9)13(15)16;;;/h2*3-6,14H,1-2H3;;2*1H2/q;;+3;;/b2*11-7?,12-8-;;;. The Labute approximate surface area is 211 Å². The summed E-state index contributed by atoms with van der Waals surface area (Å²) in [6.45, 7) is 6.36. The van der Waals surface area contributed by atoms with Gasteiger partial charge in [0.05, 0.1) is 32.7 Å². The van der Waals surface area contributed by atoms with Crippen LogP contribution in [-0.4, -0.2) is 54.1 Å². The van der Waals surface area contributed by atoms with Crippen molar-refractivity contribution in [2.45, 2.75) is 27.7 Å². The summed E-state index contributed by atoms with van der Waals surface area (Å²) in [5, 5.41) is 44.4. The molecule has 0 saturated heterocycles. The Morgan fingerprint density at radius 2 is 0.943 bits per heavy atom. The molecule has 1 radical (unpaired) electrons.